The molecule has 1 N–H and O–H groups in total. The highest BCUT2D eigenvalue weighted by Crippen LogP contribution is 2.50. The Balaban J connectivity index is 0.905. The molecule has 7 atom stereocenters. The Labute approximate surface area is 349 Å². The van der Waals surface area contributed by atoms with Crippen LogP contribution in [0.5, 0.6) is 0 Å². The second kappa shape index (κ2) is 14.4. The van der Waals surface area contributed by atoms with Gasteiger partial charge in [-0.2, -0.15) is 0 Å². The number of rotatable bonds is 4. The minimum atomic E-state index is -0.0496. The summed E-state index contributed by atoms with van der Waals surface area (Å²) in [7, 11) is 0. The van der Waals surface area contributed by atoms with E-state index in [2.05, 4.69) is 161 Å². The summed E-state index contributed by atoms with van der Waals surface area (Å²) in [6, 6.07) is 25.1. The van der Waals surface area contributed by atoms with Crippen molar-refractivity contribution in [2.75, 3.05) is 0 Å². The van der Waals surface area contributed by atoms with Crippen LogP contribution in [-0.2, 0) is 0 Å². The smallest absolute Gasteiger partial charge is 0.204 e. The largest absolute Gasteiger partial charge is 0.349 e. The topological polar surface area (TPSA) is 32.6 Å². The van der Waals surface area contributed by atoms with Crippen molar-refractivity contribution < 1.29 is 0 Å². The average molecular weight is 771 g/mol. The van der Waals surface area contributed by atoms with Gasteiger partial charge < -0.3 is 5.32 Å². The summed E-state index contributed by atoms with van der Waals surface area (Å²) in [4.78, 5) is 8.62. The van der Waals surface area contributed by atoms with Crippen molar-refractivity contribution in [1.82, 2.24) is 14.8 Å². The zero-order valence-corrected chi connectivity index (χ0v) is 34.2. The molecule has 7 unspecified atom stereocenters. The molecule has 3 heterocycles. The maximum atomic E-state index is 5.62. The van der Waals surface area contributed by atoms with Crippen LogP contribution in [0.1, 0.15) is 92.5 Å². The van der Waals surface area contributed by atoms with Crippen molar-refractivity contribution in [2.45, 2.75) is 101 Å². The number of aliphatic imine (C=N–C) groups is 1. The lowest BCUT2D eigenvalue weighted by molar-refractivity contribution is 0.120. The third-order valence-corrected chi connectivity index (χ3v) is 15.2. The normalized spacial score (nSPS) is 29.7. The first kappa shape index (κ1) is 35.5. The van der Waals surface area contributed by atoms with Crippen LogP contribution in [0.3, 0.4) is 0 Å². The monoisotopic (exact) mass is 770 g/mol. The highest BCUT2D eigenvalue weighted by atomic mass is 15.3. The van der Waals surface area contributed by atoms with E-state index in [-0.39, 0.29) is 12.1 Å². The van der Waals surface area contributed by atoms with Crippen molar-refractivity contribution >= 4 is 38.9 Å². The molecule has 8 aliphatic rings. The molecule has 1 aromatic heterocycles. The quantitative estimate of drug-likeness (QED) is 0.210. The average Bonchev–Trinajstić information content (AvgIpc) is 3.81. The Morgan fingerprint density at radius 1 is 0.780 bits per heavy atom. The van der Waals surface area contributed by atoms with Crippen LogP contribution in [0.2, 0.25) is 0 Å². The summed E-state index contributed by atoms with van der Waals surface area (Å²) in [5.41, 5.74) is 15.2. The predicted molar refractivity (Wildman–Crippen MR) is 246 cm³/mol. The van der Waals surface area contributed by atoms with E-state index >= 15 is 0 Å². The molecule has 0 bridgehead atoms. The van der Waals surface area contributed by atoms with Gasteiger partial charge in [-0.3, -0.25) is 9.47 Å². The molecule has 4 aromatic rings. The van der Waals surface area contributed by atoms with E-state index in [0.29, 0.717) is 30.0 Å². The Morgan fingerprint density at radius 3 is 2.61 bits per heavy atom. The summed E-state index contributed by atoms with van der Waals surface area (Å²) in [5, 5.41) is 6.49. The highest BCUT2D eigenvalue weighted by molar-refractivity contribution is 6.14. The lowest BCUT2D eigenvalue weighted by Gasteiger charge is -2.41. The third kappa shape index (κ3) is 5.92. The van der Waals surface area contributed by atoms with Crippen molar-refractivity contribution in [2.24, 2.45) is 16.8 Å². The number of aromatic nitrogens is 1. The van der Waals surface area contributed by atoms with Gasteiger partial charge in [0.15, 0.2) is 0 Å². The fourth-order valence-corrected chi connectivity index (χ4v) is 12.4. The molecular formula is C55H54N4. The number of aryl methyl sites for hydroxylation is 1. The molecule has 294 valence electrons. The van der Waals surface area contributed by atoms with Gasteiger partial charge in [0.2, 0.25) is 5.96 Å². The number of benzene rings is 3. The second-order valence-electron chi connectivity index (χ2n) is 18.3. The van der Waals surface area contributed by atoms with E-state index < -0.39 is 0 Å². The van der Waals surface area contributed by atoms with E-state index in [1.807, 2.05) is 0 Å². The molecule has 0 amide bonds. The summed E-state index contributed by atoms with van der Waals surface area (Å²) < 4.78 is 2.40. The molecule has 6 aliphatic carbocycles. The predicted octanol–water partition coefficient (Wildman–Crippen LogP) is 12.4. The number of hydrogen-bond donors (Lipinski definition) is 1. The lowest BCUT2D eigenvalue weighted by Crippen LogP contribution is -2.46. The minimum Gasteiger partial charge on any atom is -0.349 e. The van der Waals surface area contributed by atoms with Crippen LogP contribution in [0.25, 0.3) is 33.0 Å². The number of nitrogens with one attached hydrogen (secondary N) is 1. The van der Waals surface area contributed by atoms with E-state index in [4.69, 9.17) is 4.99 Å². The number of allylic oxidation sites excluding steroid dienone is 12. The van der Waals surface area contributed by atoms with Gasteiger partial charge in [-0.15, -0.1) is 0 Å². The molecule has 3 aromatic carbocycles. The summed E-state index contributed by atoms with van der Waals surface area (Å²) in [5.74, 6) is 2.16. The van der Waals surface area contributed by atoms with Crippen LogP contribution < -0.4 is 5.32 Å². The highest BCUT2D eigenvalue weighted by Gasteiger charge is 2.50. The van der Waals surface area contributed by atoms with E-state index in [9.17, 15) is 0 Å². The van der Waals surface area contributed by atoms with Crippen molar-refractivity contribution in [3.05, 3.63) is 179 Å². The maximum Gasteiger partial charge on any atom is 0.204 e. The zero-order valence-electron chi connectivity index (χ0n) is 34.2. The third-order valence-electron chi connectivity index (χ3n) is 15.2. The molecule has 1 saturated heterocycles. The van der Waals surface area contributed by atoms with Crippen molar-refractivity contribution in [3.8, 4) is 0 Å². The Kier molecular flexibility index (Phi) is 8.65. The van der Waals surface area contributed by atoms with Crippen LogP contribution in [0, 0.1) is 18.8 Å². The van der Waals surface area contributed by atoms with E-state index in [1.54, 1.807) is 11.1 Å². The minimum absolute atomic E-state index is 0.0496. The van der Waals surface area contributed by atoms with Crippen LogP contribution in [0.15, 0.2) is 161 Å². The van der Waals surface area contributed by atoms with Gasteiger partial charge in [0, 0.05) is 34.8 Å². The van der Waals surface area contributed by atoms with Gasteiger partial charge in [0.25, 0.3) is 0 Å². The SMILES string of the molecule is Cc1cc(C2N=C(n3c4ccccc4c4cc(C5=CC6C7CC=CCC7N(C7CCC8=C(CCC=C8)C7)C6C=C5)ccc43)NC3CC=CC=C32)ccc1C1=CC=CCC1. The number of para-hydroxylation sites is 1. The van der Waals surface area contributed by atoms with Crippen LogP contribution >= 0.6 is 0 Å². The van der Waals surface area contributed by atoms with Crippen molar-refractivity contribution in [1.29, 1.82) is 0 Å². The Hall–Kier alpha value is -5.45. The van der Waals surface area contributed by atoms with Crippen molar-refractivity contribution in [3.63, 3.8) is 0 Å². The fraction of sp³-hybridized carbons (Fsp3) is 0.327. The molecule has 0 spiro atoms. The number of nitrogens with zero attached hydrogens (tertiary/aromatic N) is 3. The van der Waals surface area contributed by atoms with Gasteiger partial charge in [0.1, 0.15) is 6.04 Å². The lowest BCUT2D eigenvalue weighted by atomic mass is 9.78. The summed E-state index contributed by atoms with van der Waals surface area (Å²) in [6.45, 7) is 2.27. The molecule has 4 nitrogen and oxygen atoms in total. The number of fused-ring (bicyclic) bond motifs is 7. The molecule has 2 aliphatic heterocycles. The maximum absolute atomic E-state index is 5.62. The molecule has 0 radical (unpaired) electrons. The van der Waals surface area contributed by atoms with Gasteiger partial charge in [-0.05, 0) is 140 Å². The number of likely N-dealkylation sites (tertiary alicyclic amines) is 1. The van der Waals surface area contributed by atoms with Gasteiger partial charge in [-0.25, -0.2) is 4.99 Å². The number of hydrogen-bond acceptors (Lipinski definition) is 3. The van der Waals surface area contributed by atoms with Gasteiger partial charge >= 0.3 is 0 Å². The second-order valence-corrected chi connectivity index (χ2v) is 18.3. The molecular weight excluding hydrogens is 717 g/mol. The zero-order chi connectivity index (χ0) is 39.0. The van der Waals surface area contributed by atoms with E-state index in [1.165, 1.54) is 106 Å². The van der Waals surface area contributed by atoms with Gasteiger partial charge in [0.05, 0.1) is 17.1 Å². The summed E-state index contributed by atoms with van der Waals surface area (Å²) in [6.07, 6.45) is 42.9. The first-order valence-electron chi connectivity index (χ1n) is 22.6. The van der Waals surface area contributed by atoms with Gasteiger partial charge in [-0.1, -0.05) is 127 Å². The molecule has 12 rings (SSSR count). The van der Waals surface area contributed by atoms with E-state index in [0.717, 1.165) is 25.2 Å². The fourth-order valence-electron chi connectivity index (χ4n) is 12.4. The Bertz CT molecular complexity index is 2720. The first-order chi connectivity index (χ1) is 29.2. The Morgan fingerprint density at radius 2 is 1.68 bits per heavy atom. The molecule has 59 heavy (non-hydrogen) atoms. The van der Waals surface area contributed by atoms with Crippen LogP contribution in [0.4, 0.5) is 0 Å². The molecule has 1 fully saturated rings. The standard InChI is InChI=1S/C55H54N4/c1-35-31-41(24-28-43(35)37-14-3-2-4-15-37)54-46-19-7-10-20-49(46)56-55(57-54)59-51-22-12-9-18-45(51)48-34-40(26-30-53(48)59)39-25-29-52-47(33-39)44-17-8-11-21-50(44)58(52)42-27-23-36-13-5-6-16-38(36)32-42/h2-3,5,7-14,18-19,22,24-26,28-31,33-34,42,44,47,49-50,52,54H,4,6,15-17,20-21,23,27,32H2,1H3,(H,56,57). The molecule has 0 saturated carbocycles. The first-order valence-corrected chi connectivity index (χ1v) is 22.6. The molecule has 4 heteroatoms. The van der Waals surface area contributed by atoms with Crippen LogP contribution in [-0.4, -0.2) is 39.6 Å². The summed E-state index contributed by atoms with van der Waals surface area (Å²) >= 11 is 0.